The van der Waals surface area contributed by atoms with Crippen LogP contribution in [-0.4, -0.2) is 6.18 Å². The van der Waals surface area contributed by atoms with E-state index in [1.165, 1.54) is 0 Å². The number of hydrogen-bond acceptors (Lipinski definition) is 0. The fourth-order valence-electron chi connectivity index (χ4n) is 0.0619. The Morgan fingerprint density at radius 3 is 1.88 bits per heavy atom. The molecular formula is C4H4ClF3. The third-order valence-electron chi connectivity index (χ3n) is 0.611. The summed E-state index contributed by atoms with van der Waals surface area (Å²) in [7, 11) is 0. The van der Waals surface area contributed by atoms with E-state index in [9.17, 15) is 13.2 Å². The highest BCUT2D eigenvalue weighted by Crippen LogP contribution is 2.24. The Labute approximate surface area is 49.9 Å². The van der Waals surface area contributed by atoms with Gasteiger partial charge in [0.2, 0.25) is 0 Å². The Balaban J connectivity index is 4.03. The van der Waals surface area contributed by atoms with Crippen LogP contribution in [0, 0.1) is 0 Å². The first kappa shape index (κ1) is 7.82. The van der Waals surface area contributed by atoms with Gasteiger partial charge in [0.25, 0.3) is 0 Å². The Bertz CT molecular complexity index is 102. The Kier molecular flexibility index (Phi) is 2.34. The van der Waals surface area contributed by atoms with E-state index in [1.807, 2.05) is 0 Å². The van der Waals surface area contributed by atoms with Gasteiger partial charge in [0.1, 0.15) is 0 Å². The minimum absolute atomic E-state index is 0.514. The van der Waals surface area contributed by atoms with Crippen molar-refractivity contribution in [2.45, 2.75) is 13.1 Å². The summed E-state index contributed by atoms with van der Waals surface area (Å²) >= 11 is 4.75. The van der Waals surface area contributed by atoms with Crippen molar-refractivity contribution >= 4 is 11.6 Å². The zero-order valence-corrected chi connectivity index (χ0v) is 4.85. The van der Waals surface area contributed by atoms with Crippen molar-refractivity contribution in [1.29, 1.82) is 0 Å². The minimum atomic E-state index is -4.26. The van der Waals surface area contributed by atoms with Crippen molar-refractivity contribution in [3.05, 3.63) is 11.1 Å². The highest BCUT2D eigenvalue weighted by molar-refractivity contribution is 6.25. The Hall–Kier alpha value is -0.180. The number of hydrogen-bond donors (Lipinski definition) is 0. The number of allylic oxidation sites excluding steroid dienone is 1. The van der Waals surface area contributed by atoms with Crippen LogP contribution in [0.15, 0.2) is 11.1 Å². The lowest BCUT2D eigenvalue weighted by Crippen LogP contribution is -2.07. The van der Waals surface area contributed by atoms with Crippen LogP contribution in [-0.2, 0) is 0 Å². The molecule has 0 aliphatic rings. The molecule has 0 aliphatic heterocycles. The summed E-state index contributed by atoms with van der Waals surface area (Å²) in [6.45, 7) is 0.910. The van der Waals surface area contributed by atoms with Crippen molar-refractivity contribution in [3.63, 3.8) is 0 Å². The van der Waals surface area contributed by atoms with E-state index in [4.69, 9.17) is 11.6 Å². The zero-order chi connectivity index (χ0) is 6.78. The van der Waals surface area contributed by atoms with Gasteiger partial charge in [0.15, 0.2) is 0 Å². The maximum atomic E-state index is 11.3. The molecule has 0 aromatic carbocycles. The summed E-state index contributed by atoms with van der Waals surface area (Å²) < 4.78 is 33.9. The van der Waals surface area contributed by atoms with Crippen molar-refractivity contribution in [2.24, 2.45) is 0 Å². The second kappa shape index (κ2) is 2.40. The molecular weight excluding hydrogens is 140 g/mol. The first-order chi connectivity index (χ1) is 3.48. The Morgan fingerprint density at radius 2 is 1.88 bits per heavy atom. The van der Waals surface area contributed by atoms with Gasteiger partial charge in [-0.05, 0) is 6.92 Å². The number of halogens is 4. The van der Waals surface area contributed by atoms with E-state index in [0.29, 0.717) is 5.54 Å². The van der Waals surface area contributed by atoms with Crippen LogP contribution in [0.2, 0.25) is 0 Å². The van der Waals surface area contributed by atoms with Crippen LogP contribution in [0.25, 0.3) is 0 Å². The van der Waals surface area contributed by atoms with Gasteiger partial charge in [-0.2, -0.15) is 13.2 Å². The molecule has 0 rings (SSSR count). The van der Waals surface area contributed by atoms with Crippen LogP contribution in [0.4, 0.5) is 13.2 Å². The smallest absolute Gasteiger partial charge is 0.166 e. The maximum absolute atomic E-state index is 11.3. The molecule has 0 aromatic heterocycles. The second-order valence-corrected chi connectivity index (χ2v) is 1.51. The monoisotopic (exact) mass is 144 g/mol. The van der Waals surface area contributed by atoms with Crippen molar-refractivity contribution in [1.82, 2.24) is 0 Å². The van der Waals surface area contributed by atoms with Crippen molar-refractivity contribution in [2.75, 3.05) is 0 Å². The van der Waals surface area contributed by atoms with E-state index in [2.05, 4.69) is 0 Å². The quantitative estimate of drug-likeness (QED) is 0.490. The molecule has 8 heavy (non-hydrogen) atoms. The summed E-state index contributed by atoms with van der Waals surface area (Å²) in [4.78, 5) is 0. The molecule has 0 amide bonds. The molecule has 4 heteroatoms. The molecule has 0 spiro atoms. The van der Waals surface area contributed by atoms with Gasteiger partial charge in [-0.3, -0.25) is 0 Å². The van der Waals surface area contributed by atoms with Crippen LogP contribution >= 0.6 is 11.6 Å². The third-order valence-corrected chi connectivity index (χ3v) is 0.938. The second-order valence-electron chi connectivity index (χ2n) is 1.29. The topological polar surface area (TPSA) is 0 Å². The van der Waals surface area contributed by atoms with Gasteiger partial charge in [0, 0.05) is 11.1 Å². The van der Waals surface area contributed by atoms with Crippen LogP contribution in [0.1, 0.15) is 6.92 Å². The standard InChI is InChI=1S/C4H4ClF3/c1-3(2-5)4(6,7)8/h2H,1H3/b3-2+. The molecule has 0 bridgehead atoms. The summed E-state index contributed by atoms with van der Waals surface area (Å²) in [6, 6.07) is 0. The van der Waals surface area contributed by atoms with E-state index in [1.54, 1.807) is 0 Å². The predicted octanol–water partition coefficient (Wildman–Crippen LogP) is 2.69. The lowest BCUT2D eigenvalue weighted by Gasteiger charge is -2.02. The molecule has 0 fully saturated rings. The largest absolute Gasteiger partial charge is 0.413 e. The lowest BCUT2D eigenvalue weighted by atomic mass is 10.3. The van der Waals surface area contributed by atoms with Gasteiger partial charge in [-0.1, -0.05) is 11.6 Å². The van der Waals surface area contributed by atoms with Crippen LogP contribution < -0.4 is 0 Å². The van der Waals surface area contributed by atoms with Gasteiger partial charge in [-0.15, -0.1) is 0 Å². The summed E-state index contributed by atoms with van der Waals surface area (Å²) in [5.74, 6) is 0. The predicted molar refractivity (Wildman–Crippen MR) is 25.7 cm³/mol. The van der Waals surface area contributed by atoms with E-state index < -0.39 is 11.7 Å². The number of alkyl halides is 3. The fraction of sp³-hybridized carbons (Fsp3) is 0.500. The molecule has 0 atom stereocenters. The van der Waals surface area contributed by atoms with E-state index in [-0.39, 0.29) is 0 Å². The first-order valence-corrected chi connectivity index (χ1v) is 2.26. The molecule has 0 N–H and O–H groups in total. The third kappa shape index (κ3) is 2.21. The number of rotatable bonds is 0. The lowest BCUT2D eigenvalue weighted by molar-refractivity contribution is -0.0911. The van der Waals surface area contributed by atoms with Crippen molar-refractivity contribution in [3.8, 4) is 0 Å². The SMILES string of the molecule is C/C(=C\Cl)C(F)(F)F. The summed E-state index contributed by atoms with van der Waals surface area (Å²) in [5.41, 5.74) is -0.265. The van der Waals surface area contributed by atoms with E-state index in [0.717, 1.165) is 6.92 Å². The van der Waals surface area contributed by atoms with Gasteiger partial charge in [-0.25, -0.2) is 0 Å². The van der Waals surface area contributed by atoms with Gasteiger partial charge in [0.05, 0.1) is 0 Å². The molecule has 0 saturated carbocycles. The maximum Gasteiger partial charge on any atom is 0.413 e. The van der Waals surface area contributed by atoms with Crippen LogP contribution in [0.5, 0.6) is 0 Å². The highest BCUT2D eigenvalue weighted by Gasteiger charge is 2.29. The highest BCUT2D eigenvalue weighted by atomic mass is 35.5. The minimum Gasteiger partial charge on any atom is -0.166 e. The zero-order valence-electron chi connectivity index (χ0n) is 4.09. The molecule has 0 nitrogen and oxygen atoms in total. The summed E-state index contributed by atoms with van der Waals surface area (Å²) in [5, 5.41) is 0. The van der Waals surface area contributed by atoms with Crippen LogP contribution in [0.3, 0.4) is 0 Å². The average molecular weight is 145 g/mol. The van der Waals surface area contributed by atoms with Gasteiger partial charge >= 0.3 is 6.18 Å². The molecule has 0 aliphatic carbocycles. The average Bonchev–Trinajstić information content (AvgIpc) is 1.62. The van der Waals surface area contributed by atoms with Gasteiger partial charge < -0.3 is 0 Å². The van der Waals surface area contributed by atoms with E-state index >= 15 is 0 Å². The molecule has 0 unspecified atom stereocenters. The first-order valence-electron chi connectivity index (χ1n) is 1.82. The fourth-order valence-corrected chi connectivity index (χ4v) is 0.186. The molecule has 0 saturated heterocycles. The molecule has 0 heterocycles. The van der Waals surface area contributed by atoms with Crippen molar-refractivity contribution < 1.29 is 13.2 Å². The molecule has 0 radical (unpaired) electrons. The molecule has 0 aromatic rings. The normalized spacial score (nSPS) is 14.4. The summed E-state index contributed by atoms with van der Waals surface area (Å²) in [6.07, 6.45) is -4.26. The molecule has 48 valence electrons. The Morgan fingerprint density at radius 1 is 1.50 bits per heavy atom.